The first kappa shape index (κ1) is 18.6. The minimum absolute atomic E-state index is 0.125. The maximum Gasteiger partial charge on any atom is 0.292 e. The lowest BCUT2D eigenvalue weighted by Crippen LogP contribution is -2.31. The summed E-state index contributed by atoms with van der Waals surface area (Å²) in [5, 5.41) is 17.2. The van der Waals surface area contributed by atoms with Gasteiger partial charge in [-0.3, -0.25) is 14.6 Å². The first-order valence-electron chi connectivity index (χ1n) is 8.04. The molecule has 0 saturated heterocycles. The molecule has 0 spiro atoms. The van der Waals surface area contributed by atoms with Gasteiger partial charge < -0.3 is 0 Å². The molecule has 9 heteroatoms. The Morgan fingerprint density at radius 2 is 2.07 bits per heavy atom. The van der Waals surface area contributed by atoms with Gasteiger partial charge in [-0.05, 0) is 37.3 Å². The summed E-state index contributed by atoms with van der Waals surface area (Å²) in [6.45, 7) is 1.45. The zero-order valence-electron chi connectivity index (χ0n) is 14.6. The number of nitriles is 1. The van der Waals surface area contributed by atoms with Gasteiger partial charge in [0.25, 0.3) is 11.5 Å². The fraction of sp³-hybridized carbons (Fsp3) is 0.0526. The van der Waals surface area contributed by atoms with Crippen LogP contribution in [0.2, 0.25) is 0 Å². The van der Waals surface area contributed by atoms with Crippen LogP contribution in [0.3, 0.4) is 0 Å². The fourth-order valence-electron chi connectivity index (χ4n) is 2.38. The highest BCUT2D eigenvalue weighted by Crippen LogP contribution is 2.11. The average Bonchev–Trinajstić information content (AvgIpc) is 2.70. The highest BCUT2D eigenvalue weighted by atomic mass is 19.1. The number of hydrogen-bond donors (Lipinski definition) is 1. The number of pyridine rings is 1. The molecular formula is C19H13FN6O2. The second kappa shape index (κ2) is 8.01. The Morgan fingerprint density at radius 1 is 1.32 bits per heavy atom. The lowest BCUT2D eigenvalue weighted by Gasteiger charge is -2.10. The van der Waals surface area contributed by atoms with Crippen molar-refractivity contribution in [3.8, 4) is 11.8 Å². The summed E-state index contributed by atoms with van der Waals surface area (Å²) in [7, 11) is 0. The molecular weight excluding hydrogens is 363 g/mol. The van der Waals surface area contributed by atoms with Crippen molar-refractivity contribution in [1.82, 2.24) is 20.2 Å². The predicted octanol–water partition coefficient (Wildman–Crippen LogP) is 1.71. The molecule has 1 N–H and O–H groups in total. The number of aromatic nitrogens is 3. The van der Waals surface area contributed by atoms with E-state index in [0.717, 1.165) is 16.8 Å². The molecule has 0 aliphatic heterocycles. The molecule has 0 aliphatic carbocycles. The van der Waals surface area contributed by atoms with E-state index in [0.29, 0.717) is 5.56 Å². The minimum Gasteiger partial charge on any atom is -0.266 e. The molecule has 1 aromatic carbocycles. The number of hydrazone groups is 1. The minimum atomic E-state index is -0.706. The zero-order chi connectivity index (χ0) is 20.1. The summed E-state index contributed by atoms with van der Waals surface area (Å²) in [6.07, 6.45) is 4.55. The molecule has 0 radical (unpaired) electrons. The van der Waals surface area contributed by atoms with Gasteiger partial charge in [0.1, 0.15) is 17.4 Å². The van der Waals surface area contributed by atoms with Crippen molar-refractivity contribution < 1.29 is 9.18 Å². The first-order valence-corrected chi connectivity index (χ1v) is 8.04. The van der Waals surface area contributed by atoms with Gasteiger partial charge in [0, 0.05) is 23.5 Å². The van der Waals surface area contributed by atoms with Gasteiger partial charge in [-0.2, -0.15) is 20.1 Å². The molecule has 0 saturated carbocycles. The topological polar surface area (TPSA) is 113 Å². The molecule has 0 unspecified atom stereocenters. The molecule has 2 aromatic heterocycles. The van der Waals surface area contributed by atoms with Crippen LogP contribution in [0.25, 0.3) is 5.69 Å². The molecule has 28 heavy (non-hydrogen) atoms. The van der Waals surface area contributed by atoms with Crippen molar-refractivity contribution in [3.05, 3.63) is 87.3 Å². The summed E-state index contributed by atoms with van der Waals surface area (Å²) in [5.41, 5.74) is 2.22. The number of carbonyl (C=O) groups excluding carboxylic acids is 1. The molecule has 0 fully saturated rings. The van der Waals surface area contributed by atoms with Crippen molar-refractivity contribution >= 4 is 12.1 Å². The molecule has 0 aliphatic rings. The van der Waals surface area contributed by atoms with Crippen molar-refractivity contribution in [2.24, 2.45) is 5.10 Å². The Kier molecular flexibility index (Phi) is 5.32. The van der Waals surface area contributed by atoms with Gasteiger partial charge in [0.05, 0.1) is 11.9 Å². The van der Waals surface area contributed by atoms with Gasteiger partial charge >= 0.3 is 0 Å². The summed E-state index contributed by atoms with van der Waals surface area (Å²) >= 11 is 0. The quantitative estimate of drug-likeness (QED) is 0.550. The molecule has 2 heterocycles. The summed E-state index contributed by atoms with van der Waals surface area (Å²) in [6, 6.07) is 10.2. The molecule has 3 aromatic rings. The van der Waals surface area contributed by atoms with Gasteiger partial charge in [-0.15, -0.1) is 0 Å². The van der Waals surface area contributed by atoms with Gasteiger partial charge in [0.15, 0.2) is 5.69 Å². The van der Waals surface area contributed by atoms with E-state index >= 15 is 0 Å². The van der Waals surface area contributed by atoms with Crippen LogP contribution in [0, 0.1) is 24.1 Å². The zero-order valence-corrected chi connectivity index (χ0v) is 14.6. The number of nitrogens with one attached hydrogen (secondary N) is 1. The van der Waals surface area contributed by atoms with E-state index < -0.39 is 17.3 Å². The molecule has 1 amide bonds. The van der Waals surface area contributed by atoms with Crippen LogP contribution >= 0.6 is 0 Å². The average molecular weight is 376 g/mol. The third-order valence-corrected chi connectivity index (χ3v) is 3.80. The standard InChI is InChI=1S/C19H13FN6O2/c1-12-16(9-21)19(28)26(15-6-4-14(20)5-7-15)25-17(12)18(27)24-23-11-13-3-2-8-22-10-13/h2-8,10-11H,1H3,(H,24,27)/b23-11+. The summed E-state index contributed by atoms with van der Waals surface area (Å²) in [4.78, 5) is 28.9. The van der Waals surface area contributed by atoms with E-state index in [1.54, 1.807) is 30.6 Å². The highest BCUT2D eigenvalue weighted by molar-refractivity contribution is 5.94. The number of hydrogen-bond acceptors (Lipinski definition) is 6. The lowest BCUT2D eigenvalue weighted by atomic mass is 10.1. The van der Waals surface area contributed by atoms with Crippen molar-refractivity contribution in [2.75, 3.05) is 0 Å². The van der Waals surface area contributed by atoms with Crippen LogP contribution in [0.15, 0.2) is 58.7 Å². The second-order valence-corrected chi connectivity index (χ2v) is 5.64. The maximum absolute atomic E-state index is 13.2. The van der Waals surface area contributed by atoms with E-state index in [1.165, 1.54) is 25.3 Å². The Hall–Kier alpha value is -4.19. The third kappa shape index (κ3) is 3.81. The van der Waals surface area contributed by atoms with E-state index in [-0.39, 0.29) is 22.5 Å². The van der Waals surface area contributed by atoms with Gasteiger partial charge in [-0.1, -0.05) is 6.07 Å². The van der Waals surface area contributed by atoms with Crippen molar-refractivity contribution in [3.63, 3.8) is 0 Å². The van der Waals surface area contributed by atoms with E-state index in [2.05, 4.69) is 20.6 Å². The Balaban J connectivity index is 1.98. The maximum atomic E-state index is 13.2. The normalized spacial score (nSPS) is 10.6. The SMILES string of the molecule is Cc1c(C(=O)N/N=C/c2cccnc2)nn(-c2ccc(F)cc2)c(=O)c1C#N. The fourth-order valence-corrected chi connectivity index (χ4v) is 2.38. The Morgan fingerprint density at radius 3 is 2.71 bits per heavy atom. The number of rotatable bonds is 4. The van der Waals surface area contributed by atoms with E-state index in [1.807, 2.05) is 0 Å². The predicted molar refractivity (Wildman–Crippen MR) is 98.5 cm³/mol. The van der Waals surface area contributed by atoms with Gasteiger partial charge in [-0.25, -0.2) is 9.82 Å². The number of halogens is 1. The smallest absolute Gasteiger partial charge is 0.266 e. The number of carbonyl (C=O) groups is 1. The van der Waals surface area contributed by atoms with Crippen LogP contribution < -0.4 is 11.0 Å². The lowest BCUT2D eigenvalue weighted by molar-refractivity contribution is 0.0947. The first-order chi connectivity index (χ1) is 13.5. The van der Waals surface area contributed by atoms with Crippen molar-refractivity contribution in [2.45, 2.75) is 6.92 Å². The van der Waals surface area contributed by atoms with Crippen LogP contribution in [-0.2, 0) is 0 Å². The molecule has 0 atom stereocenters. The Bertz CT molecular complexity index is 1150. The number of benzene rings is 1. The van der Waals surface area contributed by atoms with Crippen molar-refractivity contribution in [1.29, 1.82) is 5.26 Å². The molecule has 138 valence electrons. The molecule has 0 bridgehead atoms. The summed E-state index contributed by atoms with van der Waals surface area (Å²) < 4.78 is 14.0. The van der Waals surface area contributed by atoms with Crippen LogP contribution in [0.5, 0.6) is 0 Å². The van der Waals surface area contributed by atoms with Gasteiger partial charge in [0.2, 0.25) is 0 Å². The highest BCUT2D eigenvalue weighted by Gasteiger charge is 2.20. The number of nitrogens with zero attached hydrogens (tertiary/aromatic N) is 5. The van der Waals surface area contributed by atoms with Crippen LogP contribution in [0.4, 0.5) is 4.39 Å². The molecule has 8 nitrogen and oxygen atoms in total. The Labute approximate surface area is 158 Å². The van der Waals surface area contributed by atoms with Crippen LogP contribution in [0.1, 0.15) is 27.2 Å². The monoisotopic (exact) mass is 376 g/mol. The number of amides is 1. The van der Waals surface area contributed by atoms with Crippen LogP contribution in [-0.4, -0.2) is 26.9 Å². The molecule has 3 rings (SSSR count). The third-order valence-electron chi connectivity index (χ3n) is 3.80. The van der Waals surface area contributed by atoms with E-state index in [9.17, 15) is 19.2 Å². The van der Waals surface area contributed by atoms with E-state index in [4.69, 9.17) is 0 Å². The summed E-state index contributed by atoms with van der Waals surface area (Å²) in [5.74, 6) is -1.20. The second-order valence-electron chi connectivity index (χ2n) is 5.64. The largest absolute Gasteiger partial charge is 0.292 e.